The molecule has 0 saturated heterocycles. The monoisotopic (exact) mass is 199 g/mol. The van der Waals surface area contributed by atoms with Crippen LogP contribution < -0.4 is 0 Å². The van der Waals surface area contributed by atoms with Gasteiger partial charge < -0.3 is 0 Å². The number of aliphatic imine (C=N–C) groups is 1. The summed E-state index contributed by atoms with van der Waals surface area (Å²) in [6.45, 7) is 3.22. The van der Waals surface area contributed by atoms with Crippen LogP contribution in [0.5, 0.6) is 0 Å². The van der Waals surface area contributed by atoms with Gasteiger partial charge in [0.2, 0.25) is 0 Å². The van der Waals surface area contributed by atoms with E-state index >= 15 is 0 Å². The zero-order chi connectivity index (χ0) is 4.28. The average molecular weight is 201 g/mol. The maximum absolute atomic E-state index is 3.47. The predicted molar refractivity (Wildman–Crippen MR) is 31.2 cm³/mol. The zero-order valence-corrected chi connectivity index (χ0v) is 5.66. The van der Waals surface area contributed by atoms with Crippen molar-refractivity contribution in [1.29, 1.82) is 0 Å². The second kappa shape index (κ2) is 2.85. The lowest BCUT2D eigenvalue weighted by Gasteiger charge is -1.79. The van der Waals surface area contributed by atoms with Crippen LogP contribution in [0.15, 0.2) is 4.99 Å². The SMILES string of the molecule is C=NC(Br)Br. The minimum atomic E-state index is 0.0231. The van der Waals surface area contributed by atoms with Crippen LogP contribution in [0.3, 0.4) is 0 Å². The Labute approximate surface area is 47.7 Å². The minimum Gasteiger partial charge on any atom is -0.275 e. The molecule has 0 bridgehead atoms. The molecule has 0 radical (unpaired) electrons. The average Bonchev–Trinajstić information content (AvgIpc) is 1.38. The van der Waals surface area contributed by atoms with Crippen LogP contribution in [0, 0.1) is 0 Å². The molecule has 0 aliphatic heterocycles. The molecule has 0 aliphatic rings. The van der Waals surface area contributed by atoms with Crippen molar-refractivity contribution in [3.05, 3.63) is 0 Å². The molecule has 0 saturated carbocycles. The van der Waals surface area contributed by atoms with Crippen molar-refractivity contribution in [2.45, 2.75) is 3.86 Å². The molecule has 0 fully saturated rings. The Kier molecular flexibility index (Phi) is 3.20. The first-order valence-electron chi connectivity index (χ1n) is 1.01. The van der Waals surface area contributed by atoms with Crippen molar-refractivity contribution in [2.24, 2.45) is 4.99 Å². The second-order valence-electron chi connectivity index (χ2n) is 0.460. The molecule has 0 aromatic heterocycles. The van der Waals surface area contributed by atoms with Gasteiger partial charge in [0.05, 0.1) is 0 Å². The first-order chi connectivity index (χ1) is 2.27. The molecule has 0 spiro atoms. The molecule has 1 nitrogen and oxygen atoms in total. The van der Waals surface area contributed by atoms with Gasteiger partial charge in [-0.2, -0.15) is 0 Å². The van der Waals surface area contributed by atoms with Gasteiger partial charge in [0, 0.05) is 0 Å². The highest BCUT2D eigenvalue weighted by molar-refractivity contribution is 9.24. The van der Waals surface area contributed by atoms with E-state index in [1.807, 2.05) is 0 Å². The summed E-state index contributed by atoms with van der Waals surface area (Å²) in [4.78, 5) is 3.47. The molecule has 30 valence electrons. The Hall–Kier alpha value is 0.630. The van der Waals surface area contributed by atoms with Crippen molar-refractivity contribution in [3.8, 4) is 0 Å². The number of rotatable bonds is 1. The lowest BCUT2D eigenvalue weighted by atomic mass is 11.4. The van der Waals surface area contributed by atoms with Crippen molar-refractivity contribution in [1.82, 2.24) is 0 Å². The van der Waals surface area contributed by atoms with Crippen LogP contribution in [-0.4, -0.2) is 10.6 Å². The van der Waals surface area contributed by atoms with Gasteiger partial charge in [-0.15, -0.1) is 0 Å². The lowest BCUT2D eigenvalue weighted by Crippen LogP contribution is -1.67. The Morgan fingerprint density at radius 2 is 1.80 bits per heavy atom. The van der Waals surface area contributed by atoms with E-state index in [0.29, 0.717) is 0 Å². The second-order valence-corrected chi connectivity index (χ2v) is 3.42. The van der Waals surface area contributed by atoms with Crippen LogP contribution in [0.1, 0.15) is 0 Å². The first kappa shape index (κ1) is 5.63. The number of halogens is 2. The topological polar surface area (TPSA) is 12.4 Å². The molecular formula is C2H3Br2N. The molecular weight excluding hydrogens is 198 g/mol. The van der Waals surface area contributed by atoms with Crippen LogP contribution in [0.4, 0.5) is 0 Å². The molecule has 0 aromatic carbocycles. The van der Waals surface area contributed by atoms with E-state index in [0.717, 1.165) is 0 Å². The Morgan fingerprint density at radius 1 is 1.60 bits per heavy atom. The van der Waals surface area contributed by atoms with Crippen molar-refractivity contribution < 1.29 is 0 Å². The largest absolute Gasteiger partial charge is 0.275 e. The number of nitrogens with zero attached hydrogens (tertiary/aromatic N) is 1. The quantitative estimate of drug-likeness (QED) is 0.348. The summed E-state index contributed by atoms with van der Waals surface area (Å²) in [5.74, 6) is 0. The molecule has 0 amide bonds. The van der Waals surface area contributed by atoms with Gasteiger partial charge >= 0.3 is 0 Å². The fourth-order valence-electron chi connectivity index (χ4n) is 0. The third-order valence-corrected chi connectivity index (χ3v) is 0.717. The Bertz CT molecular complexity index is 34.6. The van der Waals surface area contributed by atoms with E-state index in [-0.39, 0.29) is 3.86 Å². The van der Waals surface area contributed by atoms with E-state index in [1.165, 1.54) is 0 Å². The summed E-state index contributed by atoms with van der Waals surface area (Å²) in [6, 6.07) is 0. The highest BCUT2D eigenvalue weighted by atomic mass is 79.9. The normalized spacial score (nSPS) is 8.60. The first-order valence-corrected chi connectivity index (χ1v) is 2.84. The number of alkyl halides is 2. The summed E-state index contributed by atoms with van der Waals surface area (Å²) >= 11 is 6.12. The summed E-state index contributed by atoms with van der Waals surface area (Å²) in [7, 11) is 0. The maximum Gasteiger partial charge on any atom is 0.158 e. The standard InChI is InChI=1S/C2H3Br2N/c1-5-2(3)4/h2H,1H2. The van der Waals surface area contributed by atoms with Crippen LogP contribution in [-0.2, 0) is 0 Å². The third-order valence-electron chi connectivity index (χ3n) is 0.138. The van der Waals surface area contributed by atoms with Crippen molar-refractivity contribution >= 4 is 38.6 Å². The van der Waals surface area contributed by atoms with Crippen LogP contribution >= 0.6 is 31.9 Å². The molecule has 0 heterocycles. The predicted octanol–water partition coefficient (Wildman–Crippen LogP) is 1.76. The smallest absolute Gasteiger partial charge is 0.158 e. The van der Waals surface area contributed by atoms with E-state index in [1.54, 1.807) is 0 Å². The van der Waals surface area contributed by atoms with E-state index in [9.17, 15) is 0 Å². The Balaban J connectivity index is 2.83. The maximum atomic E-state index is 3.47. The fraction of sp³-hybridized carbons (Fsp3) is 0.500. The van der Waals surface area contributed by atoms with E-state index in [4.69, 9.17) is 0 Å². The minimum absolute atomic E-state index is 0.0231. The van der Waals surface area contributed by atoms with Gasteiger partial charge in [-0.3, -0.25) is 4.99 Å². The summed E-state index contributed by atoms with van der Waals surface area (Å²) in [5, 5.41) is 0. The lowest BCUT2D eigenvalue weighted by molar-refractivity contribution is 1.37. The molecule has 5 heavy (non-hydrogen) atoms. The van der Waals surface area contributed by atoms with Crippen LogP contribution in [0.25, 0.3) is 0 Å². The summed E-state index contributed by atoms with van der Waals surface area (Å²) in [6.07, 6.45) is 0. The zero-order valence-electron chi connectivity index (χ0n) is 2.49. The van der Waals surface area contributed by atoms with Crippen molar-refractivity contribution in [2.75, 3.05) is 0 Å². The highest BCUT2D eigenvalue weighted by Crippen LogP contribution is 2.06. The number of hydrogen-bond donors (Lipinski definition) is 0. The fourth-order valence-corrected chi connectivity index (χ4v) is 0. The van der Waals surface area contributed by atoms with Gasteiger partial charge in [0.25, 0.3) is 0 Å². The molecule has 0 aliphatic carbocycles. The van der Waals surface area contributed by atoms with Gasteiger partial charge in [-0.05, 0) is 6.72 Å². The van der Waals surface area contributed by atoms with Gasteiger partial charge in [-0.25, -0.2) is 0 Å². The van der Waals surface area contributed by atoms with E-state index < -0.39 is 0 Å². The summed E-state index contributed by atoms with van der Waals surface area (Å²) < 4.78 is 0.0231. The van der Waals surface area contributed by atoms with Gasteiger partial charge in [-0.1, -0.05) is 31.9 Å². The summed E-state index contributed by atoms with van der Waals surface area (Å²) in [5.41, 5.74) is 0. The Morgan fingerprint density at radius 3 is 1.80 bits per heavy atom. The molecule has 0 rings (SSSR count). The third kappa shape index (κ3) is 4.63. The van der Waals surface area contributed by atoms with E-state index in [2.05, 4.69) is 43.6 Å². The highest BCUT2D eigenvalue weighted by Gasteiger charge is 1.80. The molecule has 0 N–H and O–H groups in total. The molecule has 0 unspecified atom stereocenters. The number of hydrogen-bond acceptors (Lipinski definition) is 1. The molecule has 0 atom stereocenters. The van der Waals surface area contributed by atoms with Gasteiger partial charge in [0.1, 0.15) is 0 Å². The molecule has 0 aromatic rings. The van der Waals surface area contributed by atoms with Gasteiger partial charge in [0.15, 0.2) is 3.86 Å². The van der Waals surface area contributed by atoms with Crippen LogP contribution in [0.2, 0.25) is 0 Å². The molecule has 3 heteroatoms. The van der Waals surface area contributed by atoms with Crippen molar-refractivity contribution in [3.63, 3.8) is 0 Å².